The molecule has 17 heavy (non-hydrogen) atoms. The molecule has 2 rings (SSSR count). The van der Waals surface area contributed by atoms with Gasteiger partial charge in [-0.25, -0.2) is 0 Å². The zero-order valence-electron chi connectivity index (χ0n) is 10.2. The Hall–Kier alpha value is -1.55. The third-order valence-electron chi connectivity index (χ3n) is 3.01. The molecule has 1 aliphatic heterocycles. The lowest BCUT2D eigenvalue weighted by Gasteiger charge is -2.17. The lowest BCUT2D eigenvalue weighted by Crippen LogP contribution is -2.25. The number of nitrogens with one attached hydrogen (secondary N) is 1. The van der Waals surface area contributed by atoms with Crippen molar-refractivity contribution in [1.29, 1.82) is 0 Å². The predicted octanol–water partition coefficient (Wildman–Crippen LogP) is 1.42. The van der Waals surface area contributed by atoms with Gasteiger partial charge in [-0.3, -0.25) is 4.79 Å². The quantitative estimate of drug-likeness (QED) is 0.842. The zero-order valence-corrected chi connectivity index (χ0v) is 10.2. The van der Waals surface area contributed by atoms with Crippen LogP contribution in [0.15, 0.2) is 12.1 Å². The van der Waals surface area contributed by atoms with Crippen molar-refractivity contribution in [3.8, 4) is 11.5 Å². The van der Waals surface area contributed by atoms with Gasteiger partial charge in [-0.2, -0.15) is 0 Å². The molecule has 1 heterocycles. The van der Waals surface area contributed by atoms with Crippen molar-refractivity contribution in [2.75, 3.05) is 27.3 Å². The number of fused-ring (bicyclic) bond motifs is 1. The van der Waals surface area contributed by atoms with E-state index in [1.807, 2.05) is 6.07 Å². The molecule has 1 aromatic rings. The van der Waals surface area contributed by atoms with Gasteiger partial charge < -0.3 is 14.8 Å². The second-order valence-corrected chi connectivity index (χ2v) is 4.04. The van der Waals surface area contributed by atoms with Crippen molar-refractivity contribution in [3.05, 3.63) is 23.3 Å². The number of hydrogen-bond acceptors (Lipinski definition) is 4. The van der Waals surface area contributed by atoms with Gasteiger partial charge in [0.2, 0.25) is 0 Å². The third-order valence-corrected chi connectivity index (χ3v) is 3.01. The molecule has 0 aromatic heterocycles. The van der Waals surface area contributed by atoms with E-state index >= 15 is 0 Å². The van der Waals surface area contributed by atoms with Crippen molar-refractivity contribution in [3.63, 3.8) is 0 Å². The normalized spacial score (nSPS) is 15.8. The third kappa shape index (κ3) is 2.42. The number of methoxy groups -OCH3 is 2. The Morgan fingerprint density at radius 2 is 1.71 bits per heavy atom. The molecular weight excluding hydrogens is 218 g/mol. The maximum atomic E-state index is 12.0. The highest BCUT2D eigenvalue weighted by molar-refractivity contribution is 5.98. The van der Waals surface area contributed by atoms with Gasteiger partial charge in [0.25, 0.3) is 0 Å². The highest BCUT2D eigenvalue weighted by Gasteiger charge is 2.17. The number of rotatable bonds is 2. The molecule has 0 unspecified atom stereocenters. The van der Waals surface area contributed by atoms with Crippen LogP contribution in [0.4, 0.5) is 0 Å². The van der Waals surface area contributed by atoms with Gasteiger partial charge in [0.1, 0.15) is 0 Å². The number of hydrogen-bond donors (Lipinski definition) is 1. The van der Waals surface area contributed by atoms with E-state index in [0.29, 0.717) is 17.9 Å². The number of carbonyl (C=O) groups is 1. The van der Waals surface area contributed by atoms with Gasteiger partial charge in [-0.15, -0.1) is 0 Å². The van der Waals surface area contributed by atoms with E-state index in [1.165, 1.54) is 0 Å². The molecule has 92 valence electrons. The molecule has 4 heteroatoms. The summed E-state index contributed by atoms with van der Waals surface area (Å²) >= 11 is 0. The molecule has 0 saturated heterocycles. The summed E-state index contributed by atoms with van der Waals surface area (Å²) < 4.78 is 10.5. The summed E-state index contributed by atoms with van der Waals surface area (Å²) in [5, 5.41) is 3.23. The summed E-state index contributed by atoms with van der Waals surface area (Å²) in [6, 6.07) is 3.70. The van der Waals surface area contributed by atoms with E-state index in [1.54, 1.807) is 20.3 Å². The maximum Gasteiger partial charge on any atom is 0.164 e. The number of ketones is 1. The minimum absolute atomic E-state index is 0.160. The van der Waals surface area contributed by atoms with Crippen LogP contribution in [0, 0.1) is 0 Å². The zero-order chi connectivity index (χ0) is 12.3. The highest BCUT2D eigenvalue weighted by atomic mass is 16.5. The Labute approximate surface area is 101 Å². The topological polar surface area (TPSA) is 47.6 Å². The molecule has 0 amide bonds. The monoisotopic (exact) mass is 235 g/mol. The minimum Gasteiger partial charge on any atom is -0.493 e. The van der Waals surface area contributed by atoms with Crippen LogP contribution in [0.3, 0.4) is 0 Å². The average molecular weight is 235 g/mol. The van der Waals surface area contributed by atoms with Crippen LogP contribution < -0.4 is 14.8 Å². The van der Waals surface area contributed by atoms with E-state index in [4.69, 9.17) is 9.47 Å². The van der Waals surface area contributed by atoms with Crippen LogP contribution in [0.25, 0.3) is 0 Å². The molecule has 0 saturated carbocycles. The molecule has 0 bridgehead atoms. The Morgan fingerprint density at radius 3 is 2.41 bits per heavy atom. The van der Waals surface area contributed by atoms with Crippen LogP contribution in [-0.2, 0) is 6.42 Å². The number of Topliss-reactive ketones (excluding diaryl/α,β-unsaturated/α-hetero) is 1. The second kappa shape index (κ2) is 5.19. The first kappa shape index (κ1) is 11.9. The fraction of sp³-hybridized carbons (Fsp3) is 0.462. The second-order valence-electron chi connectivity index (χ2n) is 4.04. The lowest BCUT2D eigenvalue weighted by atomic mass is 9.97. The molecular formula is C13H17NO3. The van der Waals surface area contributed by atoms with Crippen LogP contribution >= 0.6 is 0 Å². The summed E-state index contributed by atoms with van der Waals surface area (Å²) in [5.74, 6) is 1.46. The van der Waals surface area contributed by atoms with Crippen molar-refractivity contribution >= 4 is 5.78 Å². The summed E-state index contributed by atoms with van der Waals surface area (Å²) in [6.45, 7) is 1.63. The van der Waals surface area contributed by atoms with Gasteiger partial charge in [-0.05, 0) is 30.7 Å². The standard InChI is InChI=1S/C13H17NO3/c1-16-12-7-9-3-5-14-6-4-11(15)10(9)8-13(12)17-2/h7-8,14H,3-6H2,1-2H3. The summed E-state index contributed by atoms with van der Waals surface area (Å²) in [5.41, 5.74) is 1.80. The fourth-order valence-corrected chi connectivity index (χ4v) is 2.07. The first-order valence-electron chi connectivity index (χ1n) is 5.75. The average Bonchev–Trinajstić information content (AvgIpc) is 2.35. The first-order valence-corrected chi connectivity index (χ1v) is 5.75. The Balaban J connectivity index is 2.47. The molecule has 4 nitrogen and oxygen atoms in total. The number of benzene rings is 1. The predicted molar refractivity (Wildman–Crippen MR) is 65.1 cm³/mol. The highest BCUT2D eigenvalue weighted by Crippen LogP contribution is 2.31. The van der Waals surface area contributed by atoms with Crippen molar-refractivity contribution < 1.29 is 14.3 Å². The Kier molecular flexibility index (Phi) is 3.64. The molecule has 0 radical (unpaired) electrons. The Bertz CT molecular complexity index is 429. The van der Waals surface area contributed by atoms with E-state index < -0.39 is 0 Å². The minimum atomic E-state index is 0.160. The van der Waals surface area contributed by atoms with E-state index in [9.17, 15) is 4.79 Å². The summed E-state index contributed by atoms with van der Waals surface area (Å²) in [4.78, 5) is 12.0. The molecule has 1 aliphatic rings. The largest absolute Gasteiger partial charge is 0.493 e. The van der Waals surface area contributed by atoms with Crippen molar-refractivity contribution in [2.45, 2.75) is 12.8 Å². The van der Waals surface area contributed by atoms with Gasteiger partial charge in [0.05, 0.1) is 14.2 Å². The van der Waals surface area contributed by atoms with Gasteiger partial charge in [0.15, 0.2) is 17.3 Å². The van der Waals surface area contributed by atoms with E-state index in [-0.39, 0.29) is 5.78 Å². The molecule has 0 fully saturated rings. The molecule has 1 N–H and O–H groups in total. The molecule has 0 atom stereocenters. The van der Waals surface area contributed by atoms with Crippen molar-refractivity contribution in [1.82, 2.24) is 5.32 Å². The molecule has 0 aliphatic carbocycles. The number of carbonyl (C=O) groups excluding carboxylic acids is 1. The lowest BCUT2D eigenvalue weighted by molar-refractivity contribution is 0.0979. The van der Waals surface area contributed by atoms with Crippen LogP contribution in [0.1, 0.15) is 22.3 Å². The molecule has 0 spiro atoms. The SMILES string of the molecule is COc1cc2c(cc1OC)C(=O)CCNCC2. The van der Waals surface area contributed by atoms with Gasteiger partial charge in [0, 0.05) is 18.5 Å². The maximum absolute atomic E-state index is 12.0. The smallest absolute Gasteiger partial charge is 0.164 e. The first-order chi connectivity index (χ1) is 8.26. The number of ether oxygens (including phenoxy) is 2. The van der Waals surface area contributed by atoms with Gasteiger partial charge in [-0.1, -0.05) is 0 Å². The van der Waals surface area contributed by atoms with E-state index in [2.05, 4.69) is 5.32 Å². The van der Waals surface area contributed by atoms with Crippen LogP contribution in [-0.4, -0.2) is 33.1 Å². The van der Waals surface area contributed by atoms with Crippen molar-refractivity contribution in [2.24, 2.45) is 0 Å². The van der Waals surface area contributed by atoms with E-state index in [0.717, 1.165) is 30.6 Å². The van der Waals surface area contributed by atoms with Crippen LogP contribution in [0.5, 0.6) is 11.5 Å². The fourth-order valence-electron chi connectivity index (χ4n) is 2.07. The van der Waals surface area contributed by atoms with Gasteiger partial charge >= 0.3 is 0 Å². The summed E-state index contributed by atoms with van der Waals surface area (Å²) in [7, 11) is 3.19. The Morgan fingerprint density at radius 1 is 1.06 bits per heavy atom. The summed E-state index contributed by atoms with van der Waals surface area (Å²) in [6.07, 6.45) is 1.36. The van der Waals surface area contributed by atoms with Crippen LogP contribution in [0.2, 0.25) is 0 Å². The molecule has 1 aromatic carbocycles.